The van der Waals surface area contributed by atoms with E-state index in [0.717, 1.165) is 0 Å². The molecule has 80 valence electrons. The lowest BCUT2D eigenvalue weighted by atomic mass is 10.2. The van der Waals surface area contributed by atoms with Gasteiger partial charge in [0, 0.05) is 17.5 Å². The van der Waals surface area contributed by atoms with Crippen LogP contribution in [0.1, 0.15) is 12.5 Å². The van der Waals surface area contributed by atoms with Crippen LogP contribution in [0.3, 0.4) is 0 Å². The lowest BCUT2D eigenvalue weighted by Gasteiger charge is -2.01. The first-order valence-corrected chi connectivity index (χ1v) is 5.00. The average Bonchev–Trinajstić information content (AvgIpc) is 2.14. The third-order valence-electron chi connectivity index (χ3n) is 1.41. The monoisotopic (exact) mass is 265 g/mol. The summed E-state index contributed by atoms with van der Waals surface area (Å²) >= 11 is 17.3. The lowest BCUT2D eigenvalue weighted by molar-refractivity contribution is -0.140. The average molecular weight is 267 g/mol. The molecule has 1 aromatic rings. The summed E-state index contributed by atoms with van der Waals surface area (Å²) in [5.41, 5.74) is 0.448. The highest BCUT2D eigenvalue weighted by Gasteiger charge is 2.07. The van der Waals surface area contributed by atoms with E-state index in [4.69, 9.17) is 34.8 Å². The van der Waals surface area contributed by atoms with E-state index in [1.165, 1.54) is 13.0 Å². The Hall–Kier alpha value is -0.770. The van der Waals surface area contributed by atoms with E-state index in [2.05, 4.69) is 9.99 Å². The second-order valence-electron chi connectivity index (χ2n) is 2.59. The van der Waals surface area contributed by atoms with Crippen LogP contribution >= 0.6 is 34.8 Å². The summed E-state index contributed by atoms with van der Waals surface area (Å²) in [7, 11) is 0. The minimum Gasteiger partial charge on any atom is -0.317 e. The highest BCUT2D eigenvalue weighted by Crippen LogP contribution is 2.22. The second kappa shape index (κ2) is 5.35. The molecule has 0 aromatic heterocycles. The molecule has 0 aliphatic carbocycles. The van der Waals surface area contributed by atoms with Crippen LogP contribution in [-0.2, 0) is 9.63 Å². The largest absolute Gasteiger partial charge is 0.332 e. The van der Waals surface area contributed by atoms with E-state index in [1.807, 2.05) is 0 Å². The molecule has 0 aliphatic rings. The highest BCUT2D eigenvalue weighted by atomic mass is 35.5. The summed E-state index contributed by atoms with van der Waals surface area (Å²) in [5, 5.41) is 4.21. The van der Waals surface area contributed by atoms with Crippen LogP contribution < -0.4 is 0 Å². The van der Waals surface area contributed by atoms with Crippen molar-refractivity contribution in [3.63, 3.8) is 0 Å². The van der Waals surface area contributed by atoms with Crippen molar-refractivity contribution in [1.82, 2.24) is 0 Å². The molecule has 15 heavy (non-hydrogen) atoms. The second-order valence-corrected chi connectivity index (χ2v) is 3.79. The summed E-state index contributed by atoms with van der Waals surface area (Å²) in [6.07, 6.45) is 0. The molecule has 1 rings (SSSR count). The van der Waals surface area contributed by atoms with Gasteiger partial charge in [0.2, 0.25) is 0 Å². The third kappa shape index (κ3) is 3.70. The number of halogens is 3. The zero-order valence-corrected chi connectivity index (χ0v) is 9.90. The van der Waals surface area contributed by atoms with Crippen molar-refractivity contribution in [2.75, 3.05) is 0 Å². The van der Waals surface area contributed by atoms with Crippen molar-refractivity contribution in [2.45, 2.75) is 6.92 Å². The topological polar surface area (TPSA) is 38.7 Å². The summed E-state index contributed by atoms with van der Waals surface area (Å²) in [4.78, 5) is 14.8. The van der Waals surface area contributed by atoms with Crippen LogP contribution in [0.5, 0.6) is 0 Å². The Morgan fingerprint density at radius 3 is 2.60 bits per heavy atom. The standard InChI is InChI=1S/C9H6Cl3NO2/c1-5(14)15-13-9(12)7-3-2-6(10)4-8(7)11/h2-4H,1H3. The predicted octanol–water partition coefficient (Wildman–Crippen LogP) is 3.46. The van der Waals surface area contributed by atoms with Gasteiger partial charge >= 0.3 is 5.97 Å². The Balaban J connectivity index is 2.95. The van der Waals surface area contributed by atoms with Gasteiger partial charge in [0.05, 0.1) is 5.02 Å². The van der Waals surface area contributed by atoms with Gasteiger partial charge in [-0.05, 0) is 18.2 Å². The van der Waals surface area contributed by atoms with E-state index in [-0.39, 0.29) is 5.17 Å². The zero-order chi connectivity index (χ0) is 11.4. The maximum Gasteiger partial charge on any atom is 0.332 e. The van der Waals surface area contributed by atoms with Gasteiger partial charge in [-0.2, -0.15) is 0 Å². The van der Waals surface area contributed by atoms with E-state index in [0.29, 0.717) is 15.6 Å². The van der Waals surface area contributed by atoms with Crippen molar-refractivity contribution in [2.24, 2.45) is 5.16 Å². The zero-order valence-electron chi connectivity index (χ0n) is 7.63. The SMILES string of the molecule is CC(=O)ON=C(Cl)c1ccc(Cl)cc1Cl. The Labute approximate surface area is 102 Å². The minimum atomic E-state index is -0.557. The van der Waals surface area contributed by atoms with Gasteiger partial charge in [-0.1, -0.05) is 40.0 Å². The summed E-state index contributed by atoms with van der Waals surface area (Å²) in [6, 6.07) is 4.71. The summed E-state index contributed by atoms with van der Waals surface area (Å²) in [5.74, 6) is -0.557. The molecule has 0 atom stereocenters. The number of oxime groups is 1. The molecule has 1 aromatic carbocycles. The number of hydrogen-bond donors (Lipinski definition) is 0. The van der Waals surface area contributed by atoms with Crippen molar-refractivity contribution in [3.8, 4) is 0 Å². The van der Waals surface area contributed by atoms with Crippen LogP contribution in [0.4, 0.5) is 0 Å². The molecule has 0 heterocycles. The van der Waals surface area contributed by atoms with Crippen LogP contribution in [0.2, 0.25) is 10.0 Å². The molecule has 3 nitrogen and oxygen atoms in total. The number of nitrogens with zero attached hydrogens (tertiary/aromatic N) is 1. The van der Waals surface area contributed by atoms with Gasteiger partial charge in [0.1, 0.15) is 0 Å². The molecule has 0 unspecified atom stereocenters. The van der Waals surface area contributed by atoms with Gasteiger partial charge in [-0.25, -0.2) is 4.79 Å². The first kappa shape index (κ1) is 12.3. The van der Waals surface area contributed by atoms with Gasteiger partial charge in [-0.3, -0.25) is 0 Å². The fraction of sp³-hybridized carbons (Fsp3) is 0.111. The Morgan fingerprint density at radius 2 is 2.07 bits per heavy atom. The molecule has 6 heteroatoms. The quantitative estimate of drug-likeness (QED) is 0.467. The normalized spacial score (nSPS) is 11.3. The fourth-order valence-corrected chi connectivity index (χ4v) is 1.56. The molecular weight excluding hydrogens is 260 g/mol. The molecule has 0 saturated heterocycles. The fourth-order valence-electron chi connectivity index (χ4n) is 0.810. The van der Waals surface area contributed by atoms with Gasteiger partial charge in [0.15, 0.2) is 5.17 Å². The number of carbonyl (C=O) groups excluding carboxylic acids is 1. The molecular formula is C9H6Cl3NO2. The van der Waals surface area contributed by atoms with Gasteiger partial charge < -0.3 is 4.84 Å². The third-order valence-corrected chi connectivity index (χ3v) is 2.23. The lowest BCUT2D eigenvalue weighted by Crippen LogP contribution is -1.97. The van der Waals surface area contributed by atoms with E-state index >= 15 is 0 Å². The maximum absolute atomic E-state index is 10.5. The molecule has 0 fully saturated rings. The highest BCUT2D eigenvalue weighted by molar-refractivity contribution is 6.70. The van der Waals surface area contributed by atoms with Crippen LogP contribution in [0.15, 0.2) is 23.4 Å². The number of rotatable bonds is 2. The smallest absolute Gasteiger partial charge is 0.317 e. The number of benzene rings is 1. The van der Waals surface area contributed by atoms with Crippen molar-refractivity contribution >= 4 is 45.9 Å². The van der Waals surface area contributed by atoms with Crippen LogP contribution in [0, 0.1) is 0 Å². The Kier molecular flexibility index (Phi) is 4.39. The molecule has 0 aliphatic heterocycles. The van der Waals surface area contributed by atoms with Crippen molar-refractivity contribution in [3.05, 3.63) is 33.8 Å². The van der Waals surface area contributed by atoms with E-state index in [9.17, 15) is 4.79 Å². The Bertz CT molecular complexity index is 418. The van der Waals surface area contributed by atoms with Crippen molar-refractivity contribution < 1.29 is 9.63 Å². The first-order chi connectivity index (χ1) is 7.00. The molecule has 0 N–H and O–H groups in total. The summed E-state index contributed by atoms with van der Waals surface area (Å²) in [6.45, 7) is 1.22. The van der Waals surface area contributed by atoms with Crippen LogP contribution in [-0.4, -0.2) is 11.1 Å². The van der Waals surface area contributed by atoms with E-state index in [1.54, 1.807) is 12.1 Å². The molecule has 0 amide bonds. The summed E-state index contributed by atoms with van der Waals surface area (Å²) < 4.78 is 0. The maximum atomic E-state index is 10.5. The minimum absolute atomic E-state index is 0.00753. The Morgan fingerprint density at radius 1 is 1.40 bits per heavy atom. The van der Waals surface area contributed by atoms with Gasteiger partial charge in [0.25, 0.3) is 0 Å². The molecule has 0 radical (unpaired) electrons. The van der Waals surface area contributed by atoms with Crippen LogP contribution in [0.25, 0.3) is 0 Å². The molecule has 0 spiro atoms. The number of hydrogen-bond acceptors (Lipinski definition) is 3. The van der Waals surface area contributed by atoms with Gasteiger partial charge in [-0.15, -0.1) is 0 Å². The first-order valence-electron chi connectivity index (χ1n) is 3.87. The molecule has 0 saturated carbocycles. The molecule has 0 bridgehead atoms. The predicted molar refractivity (Wildman–Crippen MR) is 60.6 cm³/mol. The van der Waals surface area contributed by atoms with E-state index < -0.39 is 5.97 Å². The number of carbonyl (C=O) groups is 1. The van der Waals surface area contributed by atoms with Crippen molar-refractivity contribution in [1.29, 1.82) is 0 Å².